The van der Waals surface area contributed by atoms with E-state index in [2.05, 4.69) is 50.6 Å². The summed E-state index contributed by atoms with van der Waals surface area (Å²) in [6, 6.07) is 16.7. The topological polar surface area (TPSA) is 53.6 Å². The van der Waals surface area contributed by atoms with E-state index in [1.165, 1.54) is 11.3 Å². The molecule has 116 valence electrons. The number of pyridine rings is 1. The smallest absolute Gasteiger partial charge is 0.156 e. The number of hydrogen-bond donors (Lipinski definition) is 2. The highest BCUT2D eigenvalue weighted by molar-refractivity contribution is 5.50. The van der Waals surface area contributed by atoms with Gasteiger partial charge in [0.1, 0.15) is 5.69 Å². The molecule has 0 amide bonds. The zero-order chi connectivity index (χ0) is 15.5. The Morgan fingerprint density at radius 1 is 0.870 bits per heavy atom. The summed E-state index contributed by atoms with van der Waals surface area (Å²) in [5.74, 6) is 0.842. The monoisotopic (exact) mass is 304 g/mol. The zero-order valence-electron chi connectivity index (χ0n) is 13.0. The second kappa shape index (κ2) is 5.97. The molecule has 1 aromatic carbocycles. The van der Waals surface area contributed by atoms with Crippen molar-refractivity contribution in [2.24, 2.45) is 0 Å². The van der Waals surface area contributed by atoms with Gasteiger partial charge in [0.2, 0.25) is 0 Å². The van der Waals surface area contributed by atoms with E-state index in [9.17, 15) is 0 Å². The van der Waals surface area contributed by atoms with Crippen LogP contribution in [0.2, 0.25) is 0 Å². The summed E-state index contributed by atoms with van der Waals surface area (Å²) in [6.07, 6.45) is 5.93. The van der Waals surface area contributed by atoms with Crippen LogP contribution in [0.4, 0.5) is 0 Å². The summed E-state index contributed by atoms with van der Waals surface area (Å²) in [6.45, 7) is 2.04. The maximum Gasteiger partial charge on any atom is 0.156 e. The molecule has 0 atom stereocenters. The number of hydrogen-bond acceptors (Lipinski definition) is 3. The molecule has 2 N–H and O–H groups in total. The maximum atomic E-state index is 4.59. The number of aromatic nitrogens is 3. The van der Waals surface area contributed by atoms with Gasteiger partial charge in [-0.1, -0.05) is 36.4 Å². The molecule has 3 heterocycles. The quantitative estimate of drug-likeness (QED) is 0.781. The molecule has 1 saturated heterocycles. The van der Waals surface area contributed by atoms with Crippen LogP contribution < -0.4 is 5.32 Å². The number of nitrogens with zero attached hydrogens (tertiary/aromatic N) is 2. The molecule has 0 unspecified atom stereocenters. The van der Waals surface area contributed by atoms with Gasteiger partial charge in [0.25, 0.3) is 0 Å². The number of nitrogens with one attached hydrogen (secondary N) is 2. The molecular weight excluding hydrogens is 284 g/mol. The molecule has 0 radical (unpaired) electrons. The molecule has 0 saturated carbocycles. The predicted molar refractivity (Wildman–Crippen MR) is 91.1 cm³/mol. The lowest BCUT2D eigenvalue weighted by atomic mass is 9.71. The third kappa shape index (κ3) is 2.55. The van der Waals surface area contributed by atoms with Gasteiger partial charge in [0.05, 0.1) is 0 Å². The van der Waals surface area contributed by atoms with Crippen LogP contribution >= 0.6 is 0 Å². The lowest BCUT2D eigenvalue weighted by Crippen LogP contribution is -2.41. The van der Waals surface area contributed by atoms with E-state index in [0.29, 0.717) is 0 Å². The number of piperidine rings is 1. The van der Waals surface area contributed by atoms with Gasteiger partial charge in [-0.3, -0.25) is 4.98 Å². The van der Waals surface area contributed by atoms with E-state index in [0.717, 1.165) is 37.4 Å². The average molecular weight is 304 g/mol. The molecule has 4 nitrogen and oxygen atoms in total. The van der Waals surface area contributed by atoms with Crippen LogP contribution in [0, 0.1) is 0 Å². The van der Waals surface area contributed by atoms with Gasteiger partial charge < -0.3 is 10.3 Å². The highest BCUT2D eigenvalue weighted by Crippen LogP contribution is 2.39. The van der Waals surface area contributed by atoms with Gasteiger partial charge in [-0.25, -0.2) is 4.98 Å². The molecule has 0 spiro atoms. The van der Waals surface area contributed by atoms with E-state index in [-0.39, 0.29) is 5.41 Å². The van der Waals surface area contributed by atoms with Crippen molar-refractivity contribution in [3.63, 3.8) is 0 Å². The first-order valence-electron chi connectivity index (χ1n) is 8.12. The molecule has 0 aliphatic carbocycles. The van der Waals surface area contributed by atoms with E-state index in [1.807, 2.05) is 24.4 Å². The van der Waals surface area contributed by atoms with Crippen molar-refractivity contribution < 1.29 is 0 Å². The SMILES string of the molecule is c1ccc(C2(c3cnc(-c4ccccn4)[nH]3)CCNCC2)cc1. The van der Waals surface area contributed by atoms with Crippen LogP contribution in [0.25, 0.3) is 11.5 Å². The predicted octanol–water partition coefficient (Wildman–Crippen LogP) is 3.14. The van der Waals surface area contributed by atoms with Crippen molar-refractivity contribution in [3.8, 4) is 11.5 Å². The van der Waals surface area contributed by atoms with Gasteiger partial charge in [-0.05, 0) is 43.6 Å². The van der Waals surface area contributed by atoms with Crippen LogP contribution in [0.3, 0.4) is 0 Å². The Morgan fingerprint density at radius 3 is 2.39 bits per heavy atom. The van der Waals surface area contributed by atoms with Crippen molar-refractivity contribution in [1.82, 2.24) is 20.3 Å². The second-order valence-electron chi connectivity index (χ2n) is 6.06. The van der Waals surface area contributed by atoms with Gasteiger partial charge in [0, 0.05) is 23.5 Å². The molecule has 23 heavy (non-hydrogen) atoms. The fourth-order valence-corrected chi connectivity index (χ4v) is 3.52. The van der Waals surface area contributed by atoms with Crippen molar-refractivity contribution in [2.45, 2.75) is 18.3 Å². The lowest BCUT2D eigenvalue weighted by molar-refractivity contribution is 0.355. The van der Waals surface area contributed by atoms with Crippen LogP contribution in [-0.2, 0) is 5.41 Å². The van der Waals surface area contributed by atoms with E-state index in [1.54, 1.807) is 6.20 Å². The molecule has 1 fully saturated rings. The van der Waals surface area contributed by atoms with Gasteiger partial charge >= 0.3 is 0 Å². The van der Waals surface area contributed by atoms with Crippen LogP contribution in [-0.4, -0.2) is 28.0 Å². The number of aromatic amines is 1. The van der Waals surface area contributed by atoms with Crippen molar-refractivity contribution in [1.29, 1.82) is 0 Å². The normalized spacial score (nSPS) is 17.0. The molecule has 3 aromatic rings. The molecule has 2 aromatic heterocycles. The Balaban J connectivity index is 1.78. The maximum absolute atomic E-state index is 4.59. The summed E-state index contributed by atoms with van der Waals surface area (Å²) in [5, 5.41) is 3.47. The largest absolute Gasteiger partial charge is 0.340 e. The number of benzene rings is 1. The summed E-state index contributed by atoms with van der Waals surface area (Å²) < 4.78 is 0. The standard InChI is InChI=1S/C19H20N4/c1-2-6-15(7-3-1)19(9-12-20-13-10-19)17-14-22-18(23-17)16-8-4-5-11-21-16/h1-8,11,14,20H,9-10,12-13H2,(H,22,23). The second-order valence-corrected chi connectivity index (χ2v) is 6.06. The van der Waals surface area contributed by atoms with Gasteiger partial charge in [-0.15, -0.1) is 0 Å². The third-order valence-corrected chi connectivity index (χ3v) is 4.78. The minimum atomic E-state index is 0.00649. The lowest BCUT2D eigenvalue weighted by Gasteiger charge is -2.37. The Labute approximate surface area is 136 Å². The molecule has 1 aliphatic heterocycles. The van der Waals surface area contributed by atoms with E-state index < -0.39 is 0 Å². The first-order valence-corrected chi connectivity index (χ1v) is 8.12. The Morgan fingerprint density at radius 2 is 1.65 bits per heavy atom. The first kappa shape index (κ1) is 14.2. The minimum absolute atomic E-state index is 0.00649. The van der Waals surface area contributed by atoms with Crippen LogP contribution in [0.15, 0.2) is 60.9 Å². The summed E-state index contributed by atoms with van der Waals surface area (Å²) in [4.78, 5) is 12.5. The molecular formula is C19H20N4. The number of H-pyrrole nitrogens is 1. The zero-order valence-corrected chi connectivity index (χ0v) is 13.0. The summed E-state index contributed by atoms with van der Waals surface area (Å²) in [7, 11) is 0. The summed E-state index contributed by atoms with van der Waals surface area (Å²) >= 11 is 0. The Hall–Kier alpha value is -2.46. The fourth-order valence-electron chi connectivity index (χ4n) is 3.52. The summed E-state index contributed by atoms with van der Waals surface area (Å²) in [5.41, 5.74) is 3.44. The van der Waals surface area contributed by atoms with Gasteiger partial charge in [0.15, 0.2) is 5.82 Å². The molecule has 1 aliphatic rings. The van der Waals surface area contributed by atoms with Gasteiger partial charge in [-0.2, -0.15) is 0 Å². The van der Waals surface area contributed by atoms with E-state index in [4.69, 9.17) is 0 Å². The molecule has 4 heteroatoms. The number of rotatable bonds is 3. The minimum Gasteiger partial charge on any atom is -0.340 e. The third-order valence-electron chi connectivity index (χ3n) is 4.78. The molecule has 0 bridgehead atoms. The van der Waals surface area contributed by atoms with E-state index >= 15 is 0 Å². The van der Waals surface area contributed by atoms with Crippen LogP contribution in [0.5, 0.6) is 0 Å². The van der Waals surface area contributed by atoms with Crippen molar-refractivity contribution >= 4 is 0 Å². The van der Waals surface area contributed by atoms with Crippen molar-refractivity contribution in [2.75, 3.05) is 13.1 Å². The fraction of sp³-hybridized carbons (Fsp3) is 0.263. The average Bonchev–Trinajstić information content (AvgIpc) is 3.14. The highest BCUT2D eigenvalue weighted by atomic mass is 15.0. The first-order chi connectivity index (χ1) is 11.4. The molecule has 4 rings (SSSR count). The van der Waals surface area contributed by atoms with Crippen LogP contribution in [0.1, 0.15) is 24.1 Å². The number of imidazole rings is 1. The Kier molecular flexibility index (Phi) is 3.67. The Bertz CT molecular complexity index is 758. The van der Waals surface area contributed by atoms with Crippen molar-refractivity contribution in [3.05, 3.63) is 72.2 Å². The highest BCUT2D eigenvalue weighted by Gasteiger charge is 2.37.